The molecule has 0 aromatic heterocycles. The van der Waals surface area contributed by atoms with E-state index in [1.807, 2.05) is 0 Å². The van der Waals surface area contributed by atoms with Crippen LogP contribution in [-0.4, -0.2) is 69.3 Å². The summed E-state index contributed by atoms with van der Waals surface area (Å²) in [4.78, 5) is 28.5. The first-order chi connectivity index (χ1) is 7.93. The van der Waals surface area contributed by atoms with Gasteiger partial charge in [0, 0.05) is 0 Å². The van der Waals surface area contributed by atoms with Crippen molar-refractivity contribution < 1.29 is 46.8 Å². The zero-order chi connectivity index (χ0) is 15.5. The fourth-order valence-electron chi connectivity index (χ4n) is 0. The van der Waals surface area contributed by atoms with Gasteiger partial charge in [0.2, 0.25) is 0 Å². The molecule has 0 aromatic carbocycles. The molecule has 0 aliphatic carbocycles. The first kappa shape index (κ1) is 31.9. The molecule has 0 atom stereocenters. The van der Waals surface area contributed by atoms with Gasteiger partial charge in [0.15, 0.2) is 0 Å². The first-order valence-corrected chi connectivity index (χ1v) is 4.54. The Kier molecular flexibility index (Phi) is 30.0. The predicted octanol–water partition coefficient (Wildman–Crippen LogP) is -2.71. The molecule has 109 valence electrons. The number of rotatable bonds is 3. The van der Waals surface area contributed by atoms with Crippen LogP contribution in [0.3, 0.4) is 0 Å². The van der Waals surface area contributed by atoms with E-state index in [0.717, 1.165) is 0 Å². The minimum atomic E-state index is -1.19. The van der Waals surface area contributed by atoms with Crippen LogP contribution in [0.15, 0.2) is 36.5 Å². The van der Waals surface area contributed by atoms with Crippen molar-refractivity contribution in [1.29, 1.82) is 0 Å². The van der Waals surface area contributed by atoms with Crippen LogP contribution in [0.5, 0.6) is 0 Å². The molecule has 0 unspecified atom stereocenters. The van der Waals surface area contributed by atoms with Crippen molar-refractivity contribution in [2.24, 2.45) is 0 Å². The molecular formula is C12H16FeKO6. The van der Waals surface area contributed by atoms with E-state index in [4.69, 9.17) is 0 Å². The second-order valence-electron chi connectivity index (χ2n) is 3.20. The van der Waals surface area contributed by atoms with Gasteiger partial charge in [0.25, 0.3) is 0 Å². The van der Waals surface area contributed by atoms with Gasteiger partial charge in [-0.25, -0.2) is 0 Å². The molecule has 0 saturated carbocycles. The van der Waals surface area contributed by atoms with Crippen LogP contribution >= 0.6 is 0 Å². The van der Waals surface area contributed by atoms with Gasteiger partial charge in [-0.2, -0.15) is 0 Å². The molecule has 0 saturated heterocycles. The van der Waals surface area contributed by atoms with Gasteiger partial charge in [-0.15, -0.1) is 0 Å². The Morgan fingerprint density at radius 3 is 0.700 bits per heavy atom. The molecule has 0 spiro atoms. The van der Waals surface area contributed by atoms with E-state index < -0.39 is 17.9 Å². The zero-order valence-electron chi connectivity index (χ0n) is 10.9. The molecule has 6 nitrogen and oxygen atoms in total. The van der Waals surface area contributed by atoms with E-state index in [1.54, 1.807) is 0 Å². The summed E-state index contributed by atoms with van der Waals surface area (Å²) >= 11 is 0. The molecule has 0 bridgehead atoms. The molecule has 0 amide bonds. The van der Waals surface area contributed by atoms with Crippen LogP contribution in [-0.2, 0) is 31.5 Å². The molecule has 8 heteroatoms. The quantitative estimate of drug-likeness (QED) is 0.403. The molecule has 0 fully saturated rings. The van der Waals surface area contributed by atoms with Gasteiger partial charge in [-0.05, 0) is 37.5 Å². The fraction of sp³-hybridized carbons (Fsp3) is 0.250. The molecule has 0 N–H and O–H groups in total. The van der Waals surface area contributed by atoms with Gasteiger partial charge < -0.3 is 29.7 Å². The van der Waals surface area contributed by atoms with Crippen molar-refractivity contribution in [1.82, 2.24) is 0 Å². The zero-order valence-corrected chi connectivity index (χ0v) is 12.0. The number of carbonyl (C=O) groups excluding carboxylic acids is 3. The van der Waals surface area contributed by atoms with Crippen molar-refractivity contribution in [3.63, 3.8) is 0 Å². The summed E-state index contributed by atoms with van der Waals surface area (Å²) in [6.07, 6.45) is 0. The number of hydrogen-bond donors (Lipinski definition) is 0. The fourth-order valence-corrected chi connectivity index (χ4v) is 0. The number of aliphatic carboxylic acids is 3. The Hall–Kier alpha value is -0.214. The Balaban J connectivity index is -0.0000000536. The summed E-state index contributed by atoms with van der Waals surface area (Å²) in [6.45, 7) is 13.4. The number of carboxylic acid groups (broad SMARTS) is 3. The van der Waals surface area contributed by atoms with Crippen molar-refractivity contribution in [2.45, 2.75) is 20.8 Å². The monoisotopic (exact) mass is 351 g/mol. The molecule has 0 rings (SSSR count). The molecule has 0 aliphatic heterocycles. The molecule has 20 heavy (non-hydrogen) atoms. The topological polar surface area (TPSA) is 120 Å². The molecular weight excluding hydrogens is 335 g/mol. The second-order valence-corrected chi connectivity index (χ2v) is 3.20. The van der Waals surface area contributed by atoms with E-state index >= 15 is 0 Å². The third-order valence-corrected chi connectivity index (χ3v) is 1.05. The predicted molar refractivity (Wildman–Crippen MR) is 66.6 cm³/mol. The van der Waals surface area contributed by atoms with E-state index in [2.05, 4.69) is 19.7 Å². The number of carbonyl (C=O) groups is 3. The summed E-state index contributed by atoms with van der Waals surface area (Å²) in [6, 6.07) is 0. The van der Waals surface area contributed by atoms with Crippen molar-refractivity contribution >= 4 is 69.3 Å². The summed E-state index contributed by atoms with van der Waals surface area (Å²) in [5.41, 5.74) is 0.194. The average molecular weight is 351 g/mol. The summed E-state index contributed by atoms with van der Waals surface area (Å²) < 4.78 is 0. The van der Waals surface area contributed by atoms with Crippen LogP contribution in [0, 0.1) is 0 Å². The van der Waals surface area contributed by atoms with Crippen molar-refractivity contribution in [3.8, 4) is 0 Å². The standard InChI is InChI=1S/3C4H6O2.Fe.K.H/c3*1-3(2)4(5)6;;;/h3*1H2,2H3,(H,5,6);;;/q;;;+3;;/p-3. The van der Waals surface area contributed by atoms with E-state index in [0.29, 0.717) is 0 Å². The minimum absolute atomic E-state index is 0. The van der Waals surface area contributed by atoms with Crippen LogP contribution in [0.1, 0.15) is 20.8 Å². The van der Waals surface area contributed by atoms with Gasteiger partial charge >= 0.3 is 68.5 Å². The van der Waals surface area contributed by atoms with Crippen LogP contribution in [0.2, 0.25) is 0 Å². The number of hydrogen-bond acceptors (Lipinski definition) is 6. The van der Waals surface area contributed by atoms with Crippen molar-refractivity contribution in [2.75, 3.05) is 0 Å². The third kappa shape index (κ3) is 36.1. The summed E-state index contributed by atoms with van der Waals surface area (Å²) in [5.74, 6) is -3.56. The second kappa shape index (κ2) is 18.8. The van der Waals surface area contributed by atoms with E-state index in [-0.39, 0.29) is 85.2 Å². The maximum absolute atomic E-state index is 9.49. The molecule has 1 radical (unpaired) electrons. The first-order valence-electron chi connectivity index (χ1n) is 4.54. The normalized spacial score (nSPS) is 6.75. The van der Waals surface area contributed by atoms with Gasteiger partial charge in [-0.3, -0.25) is 0 Å². The Labute approximate surface area is 171 Å². The SMILES string of the molecule is C=C(C)C(=O)[O-].C=C(C)C(=O)[O-].C=C(C)C(=O)[O-].[Fe+3].[KH]. The van der Waals surface area contributed by atoms with Crippen LogP contribution in [0.4, 0.5) is 0 Å². The number of carboxylic acids is 3. The Morgan fingerprint density at radius 1 is 0.650 bits per heavy atom. The summed E-state index contributed by atoms with van der Waals surface area (Å²) in [7, 11) is 0. The van der Waals surface area contributed by atoms with Crippen LogP contribution in [0.25, 0.3) is 0 Å². The Morgan fingerprint density at radius 2 is 0.700 bits per heavy atom. The maximum atomic E-state index is 9.49. The van der Waals surface area contributed by atoms with Crippen molar-refractivity contribution in [3.05, 3.63) is 36.5 Å². The molecule has 0 heterocycles. The molecule has 0 aliphatic rings. The van der Waals surface area contributed by atoms with E-state index in [9.17, 15) is 29.7 Å². The van der Waals surface area contributed by atoms with Gasteiger partial charge in [0.1, 0.15) is 0 Å². The van der Waals surface area contributed by atoms with Gasteiger partial charge in [0.05, 0.1) is 17.9 Å². The molecule has 0 aromatic rings. The van der Waals surface area contributed by atoms with E-state index in [1.165, 1.54) is 20.8 Å². The Bertz CT molecular complexity index is 283. The van der Waals surface area contributed by atoms with Crippen LogP contribution < -0.4 is 15.3 Å². The summed E-state index contributed by atoms with van der Waals surface area (Å²) in [5, 5.41) is 28.5. The van der Waals surface area contributed by atoms with Gasteiger partial charge in [-0.1, -0.05) is 19.7 Å². The third-order valence-electron chi connectivity index (χ3n) is 1.05. The average Bonchev–Trinajstić information content (AvgIpc) is 2.18.